The van der Waals surface area contributed by atoms with Gasteiger partial charge in [0.1, 0.15) is 5.60 Å². The Labute approximate surface area is 249 Å². The van der Waals surface area contributed by atoms with E-state index < -0.39 is 29.8 Å². The van der Waals surface area contributed by atoms with E-state index in [4.69, 9.17) is 14.2 Å². The first-order chi connectivity index (χ1) is 19.3. The summed E-state index contributed by atoms with van der Waals surface area (Å²) < 4.78 is 17.1. The van der Waals surface area contributed by atoms with E-state index in [1.807, 2.05) is 45.9 Å². The highest BCUT2D eigenvalue weighted by Crippen LogP contribution is 2.32. The minimum absolute atomic E-state index is 0.0846. The fraction of sp³-hybridized carbons (Fsp3) is 0.758. The number of hydrogen-bond donors (Lipinski definition) is 3. The molecule has 8 heteroatoms. The predicted octanol–water partition coefficient (Wildman–Crippen LogP) is 6.67. The molecule has 0 aliphatic rings. The third-order valence-electron chi connectivity index (χ3n) is 7.27. The maximum Gasteiger partial charge on any atom is 0.407 e. The number of benzene rings is 1. The summed E-state index contributed by atoms with van der Waals surface area (Å²) in [5.41, 5.74) is 0.435. The third-order valence-corrected chi connectivity index (χ3v) is 7.27. The van der Waals surface area contributed by atoms with Crippen LogP contribution in [0.4, 0.5) is 4.79 Å². The van der Waals surface area contributed by atoms with E-state index in [1.165, 1.54) is 0 Å². The Morgan fingerprint density at radius 1 is 0.976 bits per heavy atom. The lowest BCUT2D eigenvalue weighted by atomic mass is 9.82. The molecule has 41 heavy (non-hydrogen) atoms. The van der Waals surface area contributed by atoms with E-state index >= 15 is 0 Å². The monoisotopic (exact) mass is 578 g/mol. The first kappa shape index (κ1) is 36.5. The first-order valence-corrected chi connectivity index (χ1v) is 15.6. The number of carbonyl (C=O) groups is 2. The van der Waals surface area contributed by atoms with E-state index in [1.54, 1.807) is 7.11 Å². The molecular formula is C33H58N2O6. The normalized spacial score (nSPS) is 14.6. The number of ether oxygens (including phenoxy) is 3. The van der Waals surface area contributed by atoms with Crippen LogP contribution in [0, 0.1) is 17.8 Å². The Morgan fingerprint density at radius 2 is 1.66 bits per heavy atom. The molecule has 8 nitrogen and oxygen atoms in total. The van der Waals surface area contributed by atoms with Crippen molar-refractivity contribution in [3.63, 3.8) is 0 Å². The summed E-state index contributed by atoms with van der Waals surface area (Å²) in [4.78, 5) is 25.4. The Morgan fingerprint density at radius 3 is 2.24 bits per heavy atom. The Hall–Kier alpha value is -2.48. The topological polar surface area (TPSA) is 106 Å². The van der Waals surface area contributed by atoms with Crippen LogP contribution in [-0.4, -0.2) is 55.1 Å². The predicted molar refractivity (Wildman–Crippen MR) is 166 cm³/mol. The van der Waals surface area contributed by atoms with Gasteiger partial charge >= 0.3 is 6.09 Å². The van der Waals surface area contributed by atoms with E-state index in [9.17, 15) is 14.7 Å². The fourth-order valence-electron chi connectivity index (χ4n) is 4.68. The summed E-state index contributed by atoms with van der Waals surface area (Å²) in [6, 6.07) is 5.44. The second-order valence-electron chi connectivity index (χ2n) is 12.6. The second kappa shape index (κ2) is 18.9. The molecule has 3 N–H and O–H groups in total. The molecule has 0 aliphatic heterocycles. The summed E-state index contributed by atoms with van der Waals surface area (Å²) in [6.07, 6.45) is 5.16. The third kappa shape index (κ3) is 14.8. The molecule has 0 aliphatic carbocycles. The molecule has 236 valence electrons. The molecule has 0 fully saturated rings. The van der Waals surface area contributed by atoms with Gasteiger partial charge in [0, 0.05) is 12.5 Å². The number of amides is 2. The van der Waals surface area contributed by atoms with E-state index in [-0.39, 0.29) is 24.2 Å². The number of unbranched alkanes of at least 4 members (excludes halogenated alkanes) is 3. The van der Waals surface area contributed by atoms with Crippen molar-refractivity contribution in [1.82, 2.24) is 10.6 Å². The second-order valence-corrected chi connectivity index (χ2v) is 12.6. The van der Waals surface area contributed by atoms with Crippen molar-refractivity contribution in [2.45, 2.75) is 125 Å². The minimum atomic E-state index is -0.913. The lowest BCUT2D eigenvalue weighted by Crippen LogP contribution is -2.48. The lowest BCUT2D eigenvalue weighted by molar-refractivity contribution is -0.125. The molecule has 0 aromatic heterocycles. The van der Waals surface area contributed by atoms with Gasteiger partial charge in [-0.1, -0.05) is 59.9 Å². The first-order valence-electron chi connectivity index (χ1n) is 15.6. The van der Waals surface area contributed by atoms with Gasteiger partial charge in [0.2, 0.25) is 5.91 Å². The van der Waals surface area contributed by atoms with Gasteiger partial charge in [-0.05, 0) is 82.4 Å². The molecule has 0 spiro atoms. The summed E-state index contributed by atoms with van der Waals surface area (Å²) in [6.45, 7) is 17.0. The van der Waals surface area contributed by atoms with Gasteiger partial charge in [-0.2, -0.15) is 0 Å². The zero-order valence-corrected chi connectivity index (χ0v) is 27.2. The maximum atomic E-state index is 12.8. The number of alkyl carbamates (subject to hydrolysis) is 1. The average molecular weight is 579 g/mol. The van der Waals surface area contributed by atoms with Gasteiger partial charge in [0.25, 0.3) is 0 Å². The van der Waals surface area contributed by atoms with Gasteiger partial charge in [-0.25, -0.2) is 4.79 Å². The average Bonchev–Trinajstić information content (AvgIpc) is 2.89. The number of aliphatic hydroxyl groups excluding tert-OH is 1. The molecule has 0 bridgehead atoms. The highest BCUT2D eigenvalue weighted by Gasteiger charge is 2.31. The van der Waals surface area contributed by atoms with Crippen LogP contribution in [0.25, 0.3) is 0 Å². The molecule has 1 aromatic rings. The highest BCUT2D eigenvalue weighted by atomic mass is 16.6. The van der Waals surface area contributed by atoms with Crippen molar-refractivity contribution >= 4 is 12.0 Å². The van der Waals surface area contributed by atoms with E-state index in [2.05, 4.69) is 38.3 Å². The van der Waals surface area contributed by atoms with Gasteiger partial charge < -0.3 is 30.0 Å². The van der Waals surface area contributed by atoms with Crippen LogP contribution < -0.4 is 20.1 Å². The summed E-state index contributed by atoms with van der Waals surface area (Å²) in [5.74, 6) is 1.37. The number of carbonyl (C=O) groups excluding carboxylic acids is 2. The van der Waals surface area contributed by atoms with Crippen LogP contribution in [0.5, 0.6) is 11.5 Å². The molecule has 0 heterocycles. The maximum absolute atomic E-state index is 12.8. The highest BCUT2D eigenvalue weighted by molar-refractivity contribution is 5.78. The van der Waals surface area contributed by atoms with Crippen LogP contribution in [0.2, 0.25) is 0 Å². The summed E-state index contributed by atoms with van der Waals surface area (Å²) >= 11 is 0. The number of methoxy groups -OCH3 is 1. The summed E-state index contributed by atoms with van der Waals surface area (Å²) in [5, 5.41) is 17.2. The van der Waals surface area contributed by atoms with Crippen molar-refractivity contribution in [2.24, 2.45) is 17.8 Å². The van der Waals surface area contributed by atoms with Crippen LogP contribution >= 0.6 is 0 Å². The Balaban J connectivity index is 3.10. The standard InChI is InChI=1S/C33H58N2O6/c1-10-12-14-18-40-30-21-25(15-16-29(30)39-9)20-26(23(3)4)22-27(35-32(38)41-33(6,7)8)28(36)19-24(5)31(37)34-17-13-11-2/h15-16,21,23-24,26-28,36H,10-14,17-20,22H2,1-9H3,(H,34,37)(H,35,38)/t24-,26+,27+,28+/m1/s1. The van der Waals surface area contributed by atoms with Crippen molar-refractivity contribution in [1.29, 1.82) is 0 Å². The smallest absolute Gasteiger partial charge is 0.407 e. The van der Waals surface area contributed by atoms with Crippen LogP contribution in [0.3, 0.4) is 0 Å². The molecule has 0 saturated heterocycles. The van der Waals surface area contributed by atoms with Crippen molar-refractivity contribution in [3.05, 3.63) is 23.8 Å². The number of rotatable bonds is 19. The number of aliphatic hydroxyl groups is 1. The van der Waals surface area contributed by atoms with Crippen LogP contribution in [0.15, 0.2) is 18.2 Å². The molecule has 2 amide bonds. The molecular weight excluding hydrogens is 520 g/mol. The van der Waals surface area contributed by atoms with Crippen LogP contribution in [-0.2, 0) is 16.0 Å². The fourth-order valence-corrected chi connectivity index (χ4v) is 4.68. The molecule has 0 radical (unpaired) electrons. The van der Waals surface area contributed by atoms with Crippen LogP contribution in [0.1, 0.15) is 106 Å². The molecule has 0 saturated carbocycles. The summed E-state index contributed by atoms with van der Waals surface area (Å²) in [7, 11) is 1.64. The zero-order valence-electron chi connectivity index (χ0n) is 27.2. The van der Waals surface area contributed by atoms with Gasteiger partial charge in [-0.3, -0.25) is 4.79 Å². The molecule has 0 unspecified atom stereocenters. The van der Waals surface area contributed by atoms with Crippen molar-refractivity contribution in [3.8, 4) is 11.5 Å². The van der Waals surface area contributed by atoms with E-state index in [0.717, 1.165) is 49.8 Å². The number of hydrogen-bond acceptors (Lipinski definition) is 6. The van der Waals surface area contributed by atoms with Gasteiger partial charge in [0.05, 0.1) is 25.9 Å². The SMILES string of the molecule is CCCCCOc1cc(C[C@@H](C[C@H](NC(=O)OC(C)(C)C)[C@@H](O)C[C@@H](C)C(=O)NCCCC)C(C)C)ccc1OC. The molecule has 1 rings (SSSR count). The molecule has 1 aromatic carbocycles. The van der Waals surface area contributed by atoms with Crippen molar-refractivity contribution < 1.29 is 28.9 Å². The van der Waals surface area contributed by atoms with Gasteiger partial charge in [0.15, 0.2) is 11.5 Å². The van der Waals surface area contributed by atoms with E-state index in [0.29, 0.717) is 25.3 Å². The Bertz CT molecular complexity index is 898. The van der Waals surface area contributed by atoms with Crippen molar-refractivity contribution in [2.75, 3.05) is 20.3 Å². The zero-order chi connectivity index (χ0) is 31.0. The lowest BCUT2D eigenvalue weighted by Gasteiger charge is -2.32. The number of nitrogens with one attached hydrogen (secondary N) is 2. The largest absolute Gasteiger partial charge is 0.493 e. The quantitative estimate of drug-likeness (QED) is 0.158. The Kier molecular flexibility index (Phi) is 16.8. The molecule has 4 atom stereocenters. The minimum Gasteiger partial charge on any atom is -0.493 e. The van der Waals surface area contributed by atoms with Gasteiger partial charge in [-0.15, -0.1) is 0 Å².